The standard InChI is InChI=1S/C20H29N5O2.2ClH/c1-26-17-11-15-16(12-18(17)27-2)23-20(24-19(15)21)25-9-5-14(6-10-25)13-3-7-22-8-4-13;;/h11-14,22H,3-10H2,1-2H3,(H2,21,23,24);2*1H. The van der Waals surface area contributed by atoms with Crippen molar-refractivity contribution in [3.63, 3.8) is 0 Å². The molecule has 29 heavy (non-hydrogen) atoms. The molecule has 2 saturated heterocycles. The second kappa shape index (κ2) is 10.4. The third-order valence-corrected chi connectivity index (χ3v) is 6.09. The molecule has 2 aliphatic heterocycles. The number of hydrogen-bond donors (Lipinski definition) is 2. The van der Waals surface area contributed by atoms with Gasteiger partial charge in [0, 0.05) is 24.5 Å². The maximum absolute atomic E-state index is 6.24. The van der Waals surface area contributed by atoms with E-state index in [4.69, 9.17) is 20.2 Å². The molecule has 0 bridgehead atoms. The first-order valence-corrected chi connectivity index (χ1v) is 9.84. The number of fused-ring (bicyclic) bond motifs is 1. The average molecular weight is 444 g/mol. The van der Waals surface area contributed by atoms with Gasteiger partial charge in [0.25, 0.3) is 0 Å². The van der Waals surface area contributed by atoms with E-state index in [1.165, 1.54) is 38.8 Å². The number of nitrogens with two attached hydrogens (primary N) is 1. The summed E-state index contributed by atoms with van der Waals surface area (Å²) in [6, 6.07) is 3.72. The van der Waals surface area contributed by atoms with Crippen LogP contribution in [0.25, 0.3) is 10.9 Å². The fourth-order valence-electron chi connectivity index (χ4n) is 4.49. The second-order valence-electron chi connectivity index (χ2n) is 7.55. The summed E-state index contributed by atoms with van der Waals surface area (Å²) in [5.41, 5.74) is 7.03. The second-order valence-corrected chi connectivity index (χ2v) is 7.55. The zero-order chi connectivity index (χ0) is 18.8. The Morgan fingerprint density at radius 1 is 0.931 bits per heavy atom. The molecular formula is C20H31Cl2N5O2. The molecule has 4 rings (SSSR count). The van der Waals surface area contributed by atoms with E-state index in [1.54, 1.807) is 14.2 Å². The molecule has 2 aliphatic rings. The number of nitrogens with zero attached hydrogens (tertiary/aromatic N) is 3. The van der Waals surface area contributed by atoms with Crippen molar-refractivity contribution in [1.29, 1.82) is 0 Å². The number of piperidine rings is 2. The zero-order valence-electron chi connectivity index (χ0n) is 17.0. The first-order chi connectivity index (χ1) is 13.2. The number of hydrogen-bond acceptors (Lipinski definition) is 7. The van der Waals surface area contributed by atoms with E-state index in [0.717, 1.165) is 41.8 Å². The van der Waals surface area contributed by atoms with Gasteiger partial charge in [0.2, 0.25) is 5.95 Å². The highest BCUT2D eigenvalue weighted by Gasteiger charge is 2.28. The van der Waals surface area contributed by atoms with Crippen molar-refractivity contribution >= 4 is 47.5 Å². The summed E-state index contributed by atoms with van der Waals surface area (Å²) >= 11 is 0. The topological polar surface area (TPSA) is 85.5 Å². The Morgan fingerprint density at radius 3 is 2.14 bits per heavy atom. The zero-order valence-corrected chi connectivity index (χ0v) is 18.7. The highest BCUT2D eigenvalue weighted by atomic mass is 35.5. The number of methoxy groups -OCH3 is 2. The number of nitrogens with one attached hydrogen (secondary N) is 1. The summed E-state index contributed by atoms with van der Waals surface area (Å²) in [7, 11) is 3.24. The summed E-state index contributed by atoms with van der Waals surface area (Å²) in [6.07, 6.45) is 5.03. The van der Waals surface area contributed by atoms with Gasteiger partial charge in [0.05, 0.1) is 19.7 Å². The fraction of sp³-hybridized carbons (Fsp3) is 0.600. The molecule has 7 nitrogen and oxygen atoms in total. The largest absolute Gasteiger partial charge is 0.493 e. The highest BCUT2D eigenvalue weighted by molar-refractivity contribution is 5.91. The molecule has 0 radical (unpaired) electrons. The molecule has 162 valence electrons. The van der Waals surface area contributed by atoms with Crippen LogP contribution in [-0.2, 0) is 0 Å². The lowest BCUT2D eigenvalue weighted by Crippen LogP contribution is -2.40. The van der Waals surface area contributed by atoms with E-state index < -0.39 is 0 Å². The summed E-state index contributed by atoms with van der Waals surface area (Å²) in [5.74, 6) is 4.18. The van der Waals surface area contributed by atoms with Crippen LogP contribution in [0.15, 0.2) is 12.1 Å². The highest BCUT2D eigenvalue weighted by Crippen LogP contribution is 2.35. The summed E-state index contributed by atoms with van der Waals surface area (Å²) in [6.45, 7) is 4.32. The average Bonchev–Trinajstić information content (AvgIpc) is 2.73. The van der Waals surface area contributed by atoms with Crippen molar-refractivity contribution in [3.8, 4) is 11.5 Å². The van der Waals surface area contributed by atoms with Gasteiger partial charge < -0.3 is 25.4 Å². The van der Waals surface area contributed by atoms with Gasteiger partial charge in [-0.2, -0.15) is 4.98 Å². The van der Waals surface area contributed by atoms with Gasteiger partial charge in [0.15, 0.2) is 11.5 Å². The number of nitrogen functional groups attached to an aromatic ring is 1. The minimum absolute atomic E-state index is 0. The van der Waals surface area contributed by atoms with Crippen molar-refractivity contribution in [1.82, 2.24) is 15.3 Å². The minimum Gasteiger partial charge on any atom is -0.493 e. The third-order valence-electron chi connectivity index (χ3n) is 6.09. The molecule has 0 unspecified atom stereocenters. The van der Waals surface area contributed by atoms with Crippen molar-refractivity contribution in [2.75, 3.05) is 51.0 Å². The van der Waals surface area contributed by atoms with Crippen molar-refractivity contribution in [3.05, 3.63) is 12.1 Å². The monoisotopic (exact) mass is 443 g/mol. The van der Waals surface area contributed by atoms with Crippen LogP contribution in [0.5, 0.6) is 11.5 Å². The van der Waals surface area contributed by atoms with Crippen LogP contribution in [-0.4, -0.2) is 50.4 Å². The van der Waals surface area contributed by atoms with Gasteiger partial charge >= 0.3 is 0 Å². The number of halogens is 2. The van der Waals surface area contributed by atoms with Gasteiger partial charge in [-0.15, -0.1) is 24.8 Å². The molecule has 1 aromatic carbocycles. The Balaban J connectivity index is 0.00000150. The fourth-order valence-corrected chi connectivity index (χ4v) is 4.49. The molecular weight excluding hydrogens is 413 g/mol. The lowest BCUT2D eigenvalue weighted by atomic mass is 9.79. The van der Waals surface area contributed by atoms with E-state index >= 15 is 0 Å². The van der Waals surface area contributed by atoms with Crippen LogP contribution in [0.1, 0.15) is 25.7 Å². The molecule has 0 amide bonds. The Hall–Kier alpha value is -1.70. The molecule has 2 fully saturated rings. The van der Waals surface area contributed by atoms with Gasteiger partial charge in [-0.25, -0.2) is 4.98 Å². The molecule has 0 saturated carbocycles. The van der Waals surface area contributed by atoms with E-state index in [1.807, 2.05) is 12.1 Å². The molecule has 0 atom stereocenters. The van der Waals surface area contributed by atoms with Crippen LogP contribution in [0.3, 0.4) is 0 Å². The van der Waals surface area contributed by atoms with Crippen LogP contribution in [0.4, 0.5) is 11.8 Å². The van der Waals surface area contributed by atoms with E-state index in [2.05, 4.69) is 15.2 Å². The predicted octanol–water partition coefficient (Wildman–Crippen LogP) is 3.29. The smallest absolute Gasteiger partial charge is 0.227 e. The number of ether oxygens (including phenoxy) is 2. The summed E-state index contributed by atoms with van der Waals surface area (Å²) in [5, 5.41) is 4.26. The van der Waals surface area contributed by atoms with E-state index in [0.29, 0.717) is 17.3 Å². The first kappa shape index (κ1) is 23.6. The van der Waals surface area contributed by atoms with Crippen LogP contribution in [0.2, 0.25) is 0 Å². The van der Waals surface area contributed by atoms with E-state index in [-0.39, 0.29) is 24.8 Å². The van der Waals surface area contributed by atoms with Gasteiger partial charge in [-0.1, -0.05) is 0 Å². The van der Waals surface area contributed by atoms with Crippen molar-refractivity contribution < 1.29 is 9.47 Å². The Labute approximate surface area is 184 Å². The third kappa shape index (κ3) is 4.90. The van der Waals surface area contributed by atoms with Crippen molar-refractivity contribution in [2.24, 2.45) is 11.8 Å². The molecule has 3 N–H and O–H groups in total. The lowest BCUT2D eigenvalue weighted by Gasteiger charge is -2.37. The van der Waals surface area contributed by atoms with Crippen LogP contribution in [0, 0.1) is 11.8 Å². The Bertz CT molecular complexity index is 809. The number of anilines is 2. The van der Waals surface area contributed by atoms with Gasteiger partial charge in [-0.05, 0) is 56.7 Å². The SMILES string of the molecule is COc1cc2nc(N3CCC(C4CCNCC4)CC3)nc(N)c2cc1OC.Cl.Cl. The minimum atomic E-state index is 0. The normalized spacial score (nSPS) is 18.1. The van der Waals surface area contributed by atoms with Crippen molar-refractivity contribution in [2.45, 2.75) is 25.7 Å². The lowest BCUT2D eigenvalue weighted by molar-refractivity contribution is 0.221. The maximum Gasteiger partial charge on any atom is 0.227 e. The Kier molecular flexibility index (Phi) is 8.43. The first-order valence-electron chi connectivity index (χ1n) is 9.84. The molecule has 3 heterocycles. The Morgan fingerprint density at radius 2 is 1.52 bits per heavy atom. The number of benzene rings is 1. The van der Waals surface area contributed by atoms with Gasteiger partial charge in [-0.3, -0.25) is 0 Å². The van der Waals surface area contributed by atoms with Crippen LogP contribution < -0.4 is 25.4 Å². The molecule has 9 heteroatoms. The molecule has 0 spiro atoms. The quantitative estimate of drug-likeness (QED) is 0.749. The summed E-state index contributed by atoms with van der Waals surface area (Å²) in [4.78, 5) is 11.6. The predicted molar refractivity (Wildman–Crippen MR) is 122 cm³/mol. The molecule has 1 aromatic heterocycles. The molecule has 0 aliphatic carbocycles. The van der Waals surface area contributed by atoms with Crippen LogP contribution >= 0.6 is 24.8 Å². The van der Waals surface area contributed by atoms with E-state index in [9.17, 15) is 0 Å². The maximum atomic E-state index is 6.24. The summed E-state index contributed by atoms with van der Waals surface area (Å²) < 4.78 is 10.8. The van der Waals surface area contributed by atoms with Gasteiger partial charge in [0.1, 0.15) is 5.82 Å². The number of rotatable bonds is 4. The number of aromatic nitrogens is 2. The molecule has 2 aromatic rings.